The third-order valence-corrected chi connectivity index (χ3v) is 3.50. The van der Waals surface area contributed by atoms with Gasteiger partial charge in [-0.15, -0.1) is 0 Å². The summed E-state index contributed by atoms with van der Waals surface area (Å²) in [6, 6.07) is 7.10. The Balaban J connectivity index is 2.33. The molecule has 1 aromatic carbocycles. The van der Waals surface area contributed by atoms with Gasteiger partial charge in [-0.2, -0.15) is 0 Å². The lowest BCUT2D eigenvalue weighted by Gasteiger charge is -2.06. The first-order valence-corrected chi connectivity index (χ1v) is 7.00. The van der Waals surface area contributed by atoms with Gasteiger partial charge < -0.3 is 15.5 Å². The summed E-state index contributed by atoms with van der Waals surface area (Å²) in [7, 11) is 1.55. The maximum Gasteiger partial charge on any atom is 0.327 e. The van der Waals surface area contributed by atoms with Crippen molar-refractivity contribution in [2.45, 2.75) is 13.5 Å². The van der Waals surface area contributed by atoms with Crippen molar-refractivity contribution >= 4 is 17.1 Å². The highest BCUT2D eigenvalue weighted by molar-refractivity contribution is 6.01. The number of H-pyrrole nitrogens is 1. The van der Waals surface area contributed by atoms with Gasteiger partial charge in [-0.25, -0.2) is 14.8 Å². The van der Waals surface area contributed by atoms with Gasteiger partial charge in [-0.3, -0.25) is 9.36 Å². The summed E-state index contributed by atoms with van der Waals surface area (Å²) in [5.41, 5.74) is 6.27. The molecule has 3 rings (SSSR count). The summed E-state index contributed by atoms with van der Waals surface area (Å²) < 4.78 is 6.61. The number of hydrogen-bond donors (Lipinski definition) is 2. The first-order chi connectivity index (χ1) is 11.0. The van der Waals surface area contributed by atoms with E-state index in [9.17, 15) is 9.59 Å². The van der Waals surface area contributed by atoms with Crippen LogP contribution in [0.3, 0.4) is 0 Å². The van der Waals surface area contributed by atoms with Crippen molar-refractivity contribution < 1.29 is 9.53 Å². The molecule has 8 nitrogen and oxygen atoms in total. The molecular formula is C15H15N5O3. The van der Waals surface area contributed by atoms with Crippen LogP contribution >= 0.6 is 0 Å². The summed E-state index contributed by atoms with van der Waals surface area (Å²) in [6.07, 6.45) is 0. The number of hydrogen-bond acceptors (Lipinski definition) is 5. The number of methoxy groups -OCH3 is 1. The van der Waals surface area contributed by atoms with E-state index in [2.05, 4.69) is 15.0 Å². The molecule has 0 aliphatic heterocycles. The van der Waals surface area contributed by atoms with Crippen LogP contribution in [0.4, 0.5) is 0 Å². The monoisotopic (exact) mass is 313 g/mol. The van der Waals surface area contributed by atoms with E-state index >= 15 is 0 Å². The third-order valence-electron chi connectivity index (χ3n) is 3.50. The summed E-state index contributed by atoms with van der Waals surface area (Å²) in [4.78, 5) is 34.9. The van der Waals surface area contributed by atoms with E-state index in [1.54, 1.807) is 31.4 Å². The van der Waals surface area contributed by atoms with Crippen molar-refractivity contribution in [1.29, 1.82) is 0 Å². The zero-order valence-corrected chi connectivity index (χ0v) is 12.7. The molecule has 0 saturated heterocycles. The van der Waals surface area contributed by atoms with Crippen LogP contribution in [-0.4, -0.2) is 32.5 Å². The first kappa shape index (κ1) is 14.8. The molecule has 0 spiro atoms. The number of primary amides is 1. The molecule has 0 aliphatic rings. The van der Waals surface area contributed by atoms with E-state index in [0.717, 1.165) is 0 Å². The Labute approximate surface area is 130 Å². The molecule has 0 saturated carbocycles. The summed E-state index contributed by atoms with van der Waals surface area (Å²) in [5.74, 6) is 0.200. The van der Waals surface area contributed by atoms with E-state index in [1.165, 1.54) is 4.57 Å². The number of fused-ring (bicyclic) bond motifs is 1. The van der Waals surface area contributed by atoms with Crippen LogP contribution in [0, 0.1) is 0 Å². The Bertz CT molecular complexity index is 957. The lowest BCUT2D eigenvalue weighted by Crippen LogP contribution is -2.15. The molecule has 23 heavy (non-hydrogen) atoms. The Hall–Kier alpha value is -3.16. The highest BCUT2D eigenvalue weighted by atomic mass is 16.5. The van der Waals surface area contributed by atoms with Gasteiger partial charge in [0.1, 0.15) is 11.3 Å². The van der Waals surface area contributed by atoms with Gasteiger partial charge in [-0.05, 0) is 19.1 Å². The minimum absolute atomic E-state index is 0.0166. The van der Waals surface area contributed by atoms with Gasteiger partial charge >= 0.3 is 5.69 Å². The molecule has 0 bridgehead atoms. The van der Waals surface area contributed by atoms with Crippen molar-refractivity contribution in [3.8, 4) is 17.1 Å². The molecule has 0 atom stereocenters. The van der Waals surface area contributed by atoms with Crippen LogP contribution in [0.1, 0.15) is 17.4 Å². The number of rotatable bonds is 4. The average Bonchev–Trinajstić information content (AvgIpc) is 2.88. The molecule has 0 radical (unpaired) electrons. The standard InChI is InChI=1S/C15H15N5O3/c1-3-20-14-11(18-15(20)22)10(12(16)21)17-13(19-14)8-5-4-6-9(7-8)23-2/h4-7H,3H2,1-2H3,(H2,16,21)(H,18,22). The Kier molecular flexibility index (Phi) is 3.57. The molecule has 118 valence electrons. The second-order valence-electron chi connectivity index (χ2n) is 4.87. The fraction of sp³-hybridized carbons (Fsp3) is 0.200. The van der Waals surface area contributed by atoms with Crippen molar-refractivity contribution in [1.82, 2.24) is 19.5 Å². The Morgan fingerprint density at radius 2 is 2.17 bits per heavy atom. The maximum atomic E-state index is 12.0. The molecule has 0 unspecified atom stereocenters. The fourth-order valence-corrected chi connectivity index (χ4v) is 2.39. The number of nitrogens with one attached hydrogen (secondary N) is 1. The van der Waals surface area contributed by atoms with Gasteiger partial charge in [-0.1, -0.05) is 12.1 Å². The first-order valence-electron chi connectivity index (χ1n) is 7.00. The van der Waals surface area contributed by atoms with Gasteiger partial charge in [0.2, 0.25) is 0 Å². The van der Waals surface area contributed by atoms with Crippen LogP contribution in [0.25, 0.3) is 22.6 Å². The zero-order chi connectivity index (χ0) is 16.6. The Morgan fingerprint density at radius 3 is 2.83 bits per heavy atom. The molecule has 0 aliphatic carbocycles. The lowest BCUT2D eigenvalue weighted by molar-refractivity contribution is 0.0997. The molecule has 0 fully saturated rings. The molecule has 3 N–H and O–H groups in total. The minimum atomic E-state index is -0.731. The van der Waals surface area contributed by atoms with Crippen molar-refractivity contribution in [3.05, 3.63) is 40.4 Å². The molecule has 3 aromatic rings. The number of nitrogens with two attached hydrogens (primary N) is 1. The quantitative estimate of drug-likeness (QED) is 0.743. The smallest absolute Gasteiger partial charge is 0.327 e. The summed E-state index contributed by atoms with van der Waals surface area (Å²) in [6.45, 7) is 2.22. The number of aromatic amines is 1. The largest absolute Gasteiger partial charge is 0.497 e. The molecular weight excluding hydrogens is 298 g/mol. The SMILES string of the molecule is CCn1c(=O)[nH]c2c(C(N)=O)nc(-c3cccc(OC)c3)nc21. The molecule has 1 amide bonds. The van der Waals surface area contributed by atoms with E-state index in [0.29, 0.717) is 29.3 Å². The second-order valence-corrected chi connectivity index (χ2v) is 4.87. The number of benzene rings is 1. The number of nitrogens with zero attached hydrogens (tertiary/aromatic N) is 3. The van der Waals surface area contributed by atoms with Gasteiger partial charge in [0, 0.05) is 12.1 Å². The number of carbonyl (C=O) groups excluding carboxylic acids is 1. The normalized spacial score (nSPS) is 10.9. The van der Waals surface area contributed by atoms with Crippen LogP contribution in [0.2, 0.25) is 0 Å². The predicted octanol–water partition coefficient (Wildman–Crippen LogP) is 0.914. The molecule has 2 heterocycles. The maximum absolute atomic E-state index is 12.0. The number of ether oxygens (including phenoxy) is 1. The van der Waals surface area contributed by atoms with Crippen LogP contribution < -0.4 is 16.2 Å². The number of imidazole rings is 1. The topological polar surface area (TPSA) is 116 Å². The minimum Gasteiger partial charge on any atom is -0.497 e. The summed E-state index contributed by atoms with van der Waals surface area (Å²) in [5, 5.41) is 0. The highest BCUT2D eigenvalue weighted by Crippen LogP contribution is 2.23. The van der Waals surface area contributed by atoms with E-state index in [-0.39, 0.29) is 16.9 Å². The lowest BCUT2D eigenvalue weighted by atomic mass is 10.2. The summed E-state index contributed by atoms with van der Waals surface area (Å²) >= 11 is 0. The van der Waals surface area contributed by atoms with E-state index in [1.807, 2.05) is 6.92 Å². The van der Waals surface area contributed by atoms with Crippen molar-refractivity contribution in [3.63, 3.8) is 0 Å². The Morgan fingerprint density at radius 1 is 1.39 bits per heavy atom. The molecule has 2 aromatic heterocycles. The van der Waals surface area contributed by atoms with Crippen molar-refractivity contribution in [2.24, 2.45) is 5.73 Å². The average molecular weight is 313 g/mol. The number of aromatic nitrogens is 4. The predicted molar refractivity (Wildman–Crippen MR) is 84.3 cm³/mol. The molecule has 8 heteroatoms. The second kappa shape index (κ2) is 5.56. The van der Waals surface area contributed by atoms with Gasteiger partial charge in [0.05, 0.1) is 7.11 Å². The van der Waals surface area contributed by atoms with Crippen LogP contribution in [-0.2, 0) is 6.54 Å². The number of carbonyl (C=O) groups is 1. The van der Waals surface area contributed by atoms with Gasteiger partial charge in [0.15, 0.2) is 17.2 Å². The highest BCUT2D eigenvalue weighted by Gasteiger charge is 2.18. The van der Waals surface area contributed by atoms with Crippen LogP contribution in [0.15, 0.2) is 29.1 Å². The third kappa shape index (κ3) is 2.44. The fourth-order valence-electron chi connectivity index (χ4n) is 2.39. The zero-order valence-electron chi connectivity index (χ0n) is 12.7. The van der Waals surface area contributed by atoms with Crippen LogP contribution in [0.5, 0.6) is 5.75 Å². The van der Waals surface area contributed by atoms with E-state index in [4.69, 9.17) is 10.5 Å². The van der Waals surface area contributed by atoms with Crippen molar-refractivity contribution in [2.75, 3.05) is 7.11 Å². The number of aryl methyl sites for hydroxylation is 1. The number of amides is 1. The van der Waals surface area contributed by atoms with E-state index < -0.39 is 5.91 Å². The van der Waals surface area contributed by atoms with Gasteiger partial charge in [0.25, 0.3) is 5.91 Å².